The van der Waals surface area contributed by atoms with Crippen LogP contribution in [0, 0.1) is 0 Å². The van der Waals surface area contributed by atoms with Gasteiger partial charge in [-0.2, -0.15) is 0 Å². The molecule has 3 rings (SSSR count). The van der Waals surface area contributed by atoms with Crippen molar-refractivity contribution in [2.45, 2.75) is 37.7 Å². The molecule has 1 fully saturated rings. The molecule has 0 bridgehead atoms. The highest BCUT2D eigenvalue weighted by Gasteiger charge is 2.30. The summed E-state index contributed by atoms with van der Waals surface area (Å²) in [7, 11) is 0. The number of hydrogen-bond acceptors (Lipinski definition) is 2. The molecule has 1 heterocycles. The summed E-state index contributed by atoms with van der Waals surface area (Å²) in [5.41, 5.74) is -2.25. The second-order valence-electron chi connectivity index (χ2n) is 5.75. The van der Waals surface area contributed by atoms with Crippen LogP contribution < -0.4 is 0 Å². The molecular formula is C21H26ClNO. The van der Waals surface area contributed by atoms with Crippen LogP contribution in [0.15, 0.2) is 54.6 Å². The number of benzene rings is 2. The van der Waals surface area contributed by atoms with Crippen LogP contribution in [0.4, 0.5) is 0 Å². The highest BCUT2D eigenvalue weighted by Crippen LogP contribution is 2.34. The lowest BCUT2D eigenvalue weighted by Crippen LogP contribution is -2.31. The molecule has 2 aromatic rings. The molecular weight excluding hydrogens is 318 g/mol. The Bertz CT molecular complexity index is 978. The van der Waals surface area contributed by atoms with Gasteiger partial charge in [0.1, 0.15) is 5.60 Å². The molecule has 1 saturated heterocycles. The van der Waals surface area contributed by atoms with E-state index in [2.05, 4.69) is 0 Å². The van der Waals surface area contributed by atoms with Crippen molar-refractivity contribution in [1.29, 1.82) is 0 Å². The van der Waals surface area contributed by atoms with E-state index in [1.165, 1.54) is 36.4 Å². The van der Waals surface area contributed by atoms with Gasteiger partial charge >= 0.3 is 0 Å². The predicted molar refractivity (Wildman–Crippen MR) is 101 cm³/mol. The lowest BCUT2D eigenvalue weighted by atomic mass is 9.88. The van der Waals surface area contributed by atoms with Crippen molar-refractivity contribution >= 4 is 11.6 Å². The fourth-order valence-corrected chi connectivity index (χ4v) is 2.86. The van der Waals surface area contributed by atoms with E-state index in [9.17, 15) is 0 Å². The van der Waals surface area contributed by atoms with Gasteiger partial charge in [-0.25, -0.2) is 0 Å². The van der Waals surface area contributed by atoms with Crippen molar-refractivity contribution in [1.82, 2.24) is 4.90 Å². The Morgan fingerprint density at radius 1 is 1.21 bits per heavy atom. The summed E-state index contributed by atoms with van der Waals surface area (Å²) in [6.07, 6.45) is -2.42. The fraction of sp³-hybridized carbons (Fsp3) is 0.429. The van der Waals surface area contributed by atoms with Crippen LogP contribution in [0.3, 0.4) is 0 Å². The zero-order valence-electron chi connectivity index (χ0n) is 23.1. The third kappa shape index (κ3) is 3.83. The minimum atomic E-state index is -3.20. The molecule has 2 nitrogen and oxygen atoms in total. The maximum atomic E-state index is 8.65. The lowest BCUT2D eigenvalue weighted by Gasteiger charge is -2.32. The van der Waals surface area contributed by atoms with Crippen LogP contribution in [-0.4, -0.2) is 31.0 Å². The van der Waals surface area contributed by atoms with Crippen LogP contribution in [0.5, 0.6) is 0 Å². The first kappa shape index (κ1) is 8.84. The quantitative estimate of drug-likeness (QED) is 0.716. The van der Waals surface area contributed by atoms with E-state index in [0.29, 0.717) is 11.4 Å². The Labute approximate surface area is 164 Å². The lowest BCUT2D eigenvalue weighted by molar-refractivity contribution is -0.0117. The summed E-state index contributed by atoms with van der Waals surface area (Å²) in [5.74, 6) is 0. The van der Waals surface area contributed by atoms with Gasteiger partial charge in [-0.15, -0.1) is 0 Å². The molecule has 24 heavy (non-hydrogen) atoms. The van der Waals surface area contributed by atoms with Crippen LogP contribution in [0.2, 0.25) is 5.02 Å². The summed E-state index contributed by atoms with van der Waals surface area (Å²) >= 11 is 6.00. The van der Waals surface area contributed by atoms with Crippen LogP contribution in [0.1, 0.15) is 50.9 Å². The van der Waals surface area contributed by atoms with Crippen LogP contribution in [0.25, 0.3) is 0 Å². The zero-order chi connectivity index (χ0) is 25.6. The van der Waals surface area contributed by atoms with E-state index in [4.69, 9.17) is 30.0 Å². The summed E-state index contributed by atoms with van der Waals surface area (Å²) in [5, 5.41) is 0.328. The minimum Gasteiger partial charge on any atom is -0.366 e. The number of ether oxygens (including phenoxy) is 1. The van der Waals surface area contributed by atoms with Crippen molar-refractivity contribution < 1.29 is 18.4 Å². The molecule has 0 N–H and O–H groups in total. The first-order valence-corrected chi connectivity index (χ1v) is 8.20. The predicted octanol–water partition coefficient (Wildman–Crippen LogP) is 5.10. The molecule has 2 aromatic carbocycles. The van der Waals surface area contributed by atoms with Gasteiger partial charge in [-0.1, -0.05) is 54.1 Å². The second-order valence-corrected chi connectivity index (χ2v) is 6.19. The van der Waals surface area contributed by atoms with Crippen LogP contribution >= 0.6 is 11.6 Å². The first-order chi connectivity index (χ1) is 15.5. The SMILES string of the molecule is [2H]C([2H])([2H])N1CCC[C@H]1C([2H])([2H])C([2H])([2H])O[C@@](c1ccccc1)(c1ccc(Cl)cc1)C([2H])([2H])[2H]. The highest BCUT2D eigenvalue weighted by molar-refractivity contribution is 6.30. The Morgan fingerprint density at radius 3 is 2.67 bits per heavy atom. The topological polar surface area (TPSA) is 12.5 Å². The summed E-state index contributed by atoms with van der Waals surface area (Å²) in [6, 6.07) is 12.1. The molecule has 0 amide bonds. The Hall–Kier alpha value is -1.35. The monoisotopic (exact) mass is 353 g/mol. The van der Waals surface area contributed by atoms with E-state index in [0.717, 1.165) is 4.90 Å². The molecule has 0 unspecified atom stereocenters. The third-order valence-electron chi connectivity index (χ3n) is 4.11. The summed E-state index contributed by atoms with van der Waals surface area (Å²) in [6.45, 7) is -8.75. The van der Waals surface area contributed by atoms with Crippen molar-refractivity contribution in [3.63, 3.8) is 0 Å². The van der Waals surface area contributed by atoms with Gasteiger partial charge in [0.25, 0.3) is 0 Å². The van der Waals surface area contributed by atoms with Crippen molar-refractivity contribution in [2.75, 3.05) is 20.1 Å². The maximum absolute atomic E-state index is 8.65. The number of hydrogen-bond donors (Lipinski definition) is 0. The number of likely N-dealkylation sites (tertiary alicyclic amines) is 1. The first-order valence-electron chi connectivity index (χ1n) is 12.8. The van der Waals surface area contributed by atoms with E-state index >= 15 is 0 Å². The smallest absolute Gasteiger partial charge is 0.115 e. The molecule has 128 valence electrons. The van der Waals surface area contributed by atoms with Crippen LogP contribution in [-0.2, 0) is 10.3 Å². The Balaban J connectivity index is 2.18. The maximum Gasteiger partial charge on any atom is 0.115 e. The average molecular weight is 354 g/mol. The molecule has 0 radical (unpaired) electrons. The summed E-state index contributed by atoms with van der Waals surface area (Å²) in [4.78, 5) is 0.940. The number of rotatable bonds is 6. The van der Waals surface area contributed by atoms with Gasteiger partial charge < -0.3 is 9.64 Å². The normalized spacial score (nSPS) is 29.3. The van der Waals surface area contributed by atoms with E-state index < -0.39 is 38.4 Å². The van der Waals surface area contributed by atoms with Gasteiger partial charge in [0.15, 0.2) is 0 Å². The molecule has 0 aromatic heterocycles. The molecule has 2 atom stereocenters. The van der Waals surface area contributed by atoms with E-state index in [1.807, 2.05) is 0 Å². The zero-order valence-corrected chi connectivity index (χ0v) is 13.9. The largest absolute Gasteiger partial charge is 0.366 e. The number of nitrogens with zero attached hydrogens (tertiary/aromatic N) is 1. The van der Waals surface area contributed by atoms with Gasteiger partial charge in [0.05, 0.1) is 2.74 Å². The molecule has 0 saturated carbocycles. The minimum absolute atomic E-state index is 0.0573. The molecule has 3 heteroatoms. The van der Waals surface area contributed by atoms with E-state index in [1.54, 1.807) is 18.2 Å². The van der Waals surface area contributed by atoms with Gasteiger partial charge in [0.2, 0.25) is 0 Å². The van der Waals surface area contributed by atoms with Gasteiger partial charge in [-0.3, -0.25) is 0 Å². The molecule has 0 aliphatic carbocycles. The summed E-state index contributed by atoms with van der Waals surface area (Å²) < 4.78 is 88.7. The average Bonchev–Trinajstić information content (AvgIpc) is 3.24. The Morgan fingerprint density at radius 2 is 1.96 bits per heavy atom. The second kappa shape index (κ2) is 7.69. The molecule has 0 spiro atoms. The van der Waals surface area contributed by atoms with Gasteiger partial charge in [0, 0.05) is 28.6 Å². The van der Waals surface area contributed by atoms with Gasteiger partial charge in [-0.05, 0) is 62.8 Å². The highest BCUT2D eigenvalue weighted by atomic mass is 35.5. The van der Waals surface area contributed by atoms with Crippen molar-refractivity contribution in [2.24, 2.45) is 0 Å². The number of halogens is 1. The van der Waals surface area contributed by atoms with E-state index in [-0.39, 0.29) is 24.1 Å². The molecule has 1 aliphatic rings. The molecule has 1 aliphatic heterocycles. The fourth-order valence-electron chi connectivity index (χ4n) is 2.73. The standard InChI is InChI=1S/C21H26ClNO/c1-21(17-7-4-3-5-8-17,18-10-12-19(22)13-11-18)24-16-14-20-9-6-15-23(20)2/h3-5,7-8,10-13,20H,6,9,14-16H2,1-2H3/t20-,21-/m0/s1/i1D3,2D3,14D2,16D2. The third-order valence-corrected chi connectivity index (χ3v) is 4.37. The van der Waals surface area contributed by atoms with Crippen molar-refractivity contribution in [3.8, 4) is 0 Å². The van der Waals surface area contributed by atoms with Crippen molar-refractivity contribution in [3.05, 3.63) is 70.7 Å². The Kier molecular flexibility index (Phi) is 2.83.